The van der Waals surface area contributed by atoms with Crippen LogP contribution in [0.15, 0.2) is 54.6 Å². The lowest BCUT2D eigenvalue weighted by Crippen LogP contribution is -2.53. The zero-order valence-corrected chi connectivity index (χ0v) is 15.4. The summed E-state index contributed by atoms with van der Waals surface area (Å²) in [4.78, 5) is 25.4. The minimum Gasteiger partial charge on any atom is -0.368 e. The molecule has 1 amide bonds. The third-order valence-electron chi connectivity index (χ3n) is 5.20. The maximum absolute atomic E-state index is 11.4. The van der Waals surface area contributed by atoms with Crippen LogP contribution in [0.1, 0.15) is 6.92 Å². The van der Waals surface area contributed by atoms with Crippen molar-refractivity contribution in [3.63, 3.8) is 0 Å². The Balaban J connectivity index is 1.67. The van der Waals surface area contributed by atoms with Crippen molar-refractivity contribution in [2.24, 2.45) is 5.73 Å². The minimum absolute atomic E-state index is 0.246. The monoisotopic (exact) mass is 361 g/mol. The molecule has 1 aliphatic heterocycles. The van der Waals surface area contributed by atoms with Crippen LogP contribution in [-0.2, 0) is 4.79 Å². The van der Waals surface area contributed by atoms with Gasteiger partial charge in [-0.1, -0.05) is 48.5 Å². The number of rotatable bonds is 4. The summed E-state index contributed by atoms with van der Waals surface area (Å²) in [6.07, 6.45) is 0. The molecule has 6 heteroatoms. The normalized spacial score (nSPS) is 16.4. The van der Waals surface area contributed by atoms with E-state index in [4.69, 9.17) is 15.7 Å². The molecule has 0 aliphatic carbocycles. The van der Waals surface area contributed by atoms with Crippen LogP contribution >= 0.6 is 0 Å². The van der Waals surface area contributed by atoms with Gasteiger partial charge >= 0.3 is 0 Å². The molecule has 0 radical (unpaired) electrons. The summed E-state index contributed by atoms with van der Waals surface area (Å²) >= 11 is 0. The van der Waals surface area contributed by atoms with Crippen molar-refractivity contribution in [2.75, 3.05) is 31.1 Å². The highest BCUT2D eigenvalue weighted by molar-refractivity contribution is 5.93. The second kappa shape index (κ2) is 7.32. The Morgan fingerprint density at radius 2 is 1.63 bits per heavy atom. The average Bonchev–Trinajstić information content (AvgIpc) is 2.73. The molecule has 1 atom stereocenters. The van der Waals surface area contributed by atoms with Crippen molar-refractivity contribution in [1.82, 2.24) is 14.9 Å². The Hall–Kier alpha value is -2.99. The number of piperazine rings is 1. The fourth-order valence-electron chi connectivity index (χ4n) is 3.51. The van der Waals surface area contributed by atoms with Crippen molar-refractivity contribution >= 4 is 22.8 Å². The van der Waals surface area contributed by atoms with Crippen LogP contribution in [0.25, 0.3) is 22.2 Å². The number of hydrogen-bond acceptors (Lipinski definition) is 5. The van der Waals surface area contributed by atoms with E-state index < -0.39 is 0 Å². The molecule has 1 fully saturated rings. The quantitative estimate of drug-likeness (QED) is 0.772. The molecule has 4 rings (SSSR count). The van der Waals surface area contributed by atoms with Gasteiger partial charge in [0.15, 0.2) is 0 Å². The summed E-state index contributed by atoms with van der Waals surface area (Å²) in [6, 6.07) is 18.1. The molecule has 2 N–H and O–H groups in total. The molecular formula is C21H23N5O. The van der Waals surface area contributed by atoms with E-state index in [0.717, 1.165) is 54.3 Å². The Kier molecular flexibility index (Phi) is 4.73. The van der Waals surface area contributed by atoms with Gasteiger partial charge in [0, 0.05) is 37.1 Å². The third kappa shape index (κ3) is 3.48. The number of aromatic nitrogens is 2. The van der Waals surface area contributed by atoms with Crippen LogP contribution in [0.5, 0.6) is 0 Å². The lowest BCUT2D eigenvalue weighted by atomic mass is 10.1. The maximum atomic E-state index is 11.4. The molecule has 0 saturated carbocycles. The summed E-state index contributed by atoms with van der Waals surface area (Å²) in [5, 5.41) is 1.05. The molecular weight excluding hydrogens is 338 g/mol. The highest BCUT2D eigenvalue weighted by Gasteiger charge is 2.25. The first-order chi connectivity index (χ1) is 13.1. The fraction of sp³-hybridized carbons (Fsp3) is 0.286. The summed E-state index contributed by atoms with van der Waals surface area (Å²) < 4.78 is 0. The Labute approximate surface area is 158 Å². The Morgan fingerprint density at radius 3 is 2.33 bits per heavy atom. The molecule has 6 nitrogen and oxygen atoms in total. The second-order valence-corrected chi connectivity index (χ2v) is 6.86. The first-order valence-corrected chi connectivity index (χ1v) is 9.24. The van der Waals surface area contributed by atoms with E-state index in [0.29, 0.717) is 0 Å². The predicted octanol–water partition coefficient (Wildman–Crippen LogP) is 2.29. The van der Waals surface area contributed by atoms with Crippen LogP contribution in [0.4, 0.5) is 5.95 Å². The van der Waals surface area contributed by atoms with Crippen LogP contribution in [-0.4, -0.2) is 53.0 Å². The number of amides is 1. The van der Waals surface area contributed by atoms with Gasteiger partial charge < -0.3 is 10.6 Å². The third-order valence-corrected chi connectivity index (χ3v) is 5.20. The molecule has 1 aromatic heterocycles. The lowest BCUT2D eigenvalue weighted by molar-refractivity contribution is -0.122. The molecule has 0 bridgehead atoms. The van der Waals surface area contributed by atoms with Gasteiger partial charge in [-0.2, -0.15) is 0 Å². The number of nitrogens with two attached hydrogens (primary N) is 1. The van der Waals surface area contributed by atoms with Gasteiger partial charge in [0.1, 0.15) is 0 Å². The number of nitrogens with zero attached hydrogens (tertiary/aromatic N) is 4. The van der Waals surface area contributed by atoms with E-state index in [1.807, 2.05) is 43.3 Å². The van der Waals surface area contributed by atoms with Gasteiger partial charge in [0.05, 0.1) is 17.3 Å². The van der Waals surface area contributed by atoms with E-state index in [9.17, 15) is 4.79 Å². The highest BCUT2D eigenvalue weighted by atomic mass is 16.1. The number of benzene rings is 2. The maximum Gasteiger partial charge on any atom is 0.234 e. The van der Waals surface area contributed by atoms with Gasteiger partial charge in [-0.15, -0.1) is 0 Å². The highest BCUT2D eigenvalue weighted by Crippen LogP contribution is 2.28. The number of carbonyl (C=O) groups is 1. The SMILES string of the molecule is CC(C(N)=O)N1CCN(c2nc(-c3ccccc3)c3ccccc3n2)CC1. The van der Waals surface area contributed by atoms with Crippen molar-refractivity contribution in [2.45, 2.75) is 13.0 Å². The number of para-hydroxylation sites is 1. The van der Waals surface area contributed by atoms with Gasteiger partial charge in [-0.25, -0.2) is 9.97 Å². The van der Waals surface area contributed by atoms with Gasteiger partial charge in [-0.3, -0.25) is 9.69 Å². The molecule has 1 unspecified atom stereocenters. The zero-order chi connectivity index (χ0) is 18.8. The number of fused-ring (bicyclic) bond motifs is 1. The molecule has 2 aromatic carbocycles. The molecule has 27 heavy (non-hydrogen) atoms. The van der Waals surface area contributed by atoms with E-state index >= 15 is 0 Å². The zero-order valence-electron chi connectivity index (χ0n) is 15.4. The molecule has 0 spiro atoms. The minimum atomic E-state index is -0.281. The van der Waals surface area contributed by atoms with Crippen molar-refractivity contribution in [3.05, 3.63) is 54.6 Å². The van der Waals surface area contributed by atoms with E-state index in [-0.39, 0.29) is 11.9 Å². The summed E-state index contributed by atoms with van der Waals surface area (Å²) in [5.41, 5.74) is 8.41. The number of anilines is 1. The largest absolute Gasteiger partial charge is 0.368 e. The van der Waals surface area contributed by atoms with Crippen LogP contribution in [0.2, 0.25) is 0 Å². The lowest BCUT2D eigenvalue weighted by Gasteiger charge is -2.37. The first kappa shape index (κ1) is 17.4. The summed E-state index contributed by atoms with van der Waals surface area (Å²) in [6.45, 7) is 4.92. The van der Waals surface area contributed by atoms with Crippen molar-refractivity contribution < 1.29 is 4.79 Å². The molecule has 138 valence electrons. The second-order valence-electron chi connectivity index (χ2n) is 6.86. The van der Waals surface area contributed by atoms with Crippen LogP contribution < -0.4 is 10.6 Å². The van der Waals surface area contributed by atoms with Crippen LogP contribution in [0.3, 0.4) is 0 Å². The molecule has 1 aliphatic rings. The van der Waals surface area contributed by atoms with E-state index in [1.165, 1.54) is 0 Å². The average molecular weight is 361 g/mol. The van der Waals surface area contributed by atoms with Crippen molar-refractivity contribution in [1.29, 1.82) is 0 Å². The molecule has 3 aromatic rings. The standard InChI is InChI=1S/C21H23N5O/c1-15(20(22)27)25-11-13-26(14-12-25)21-23-18-10-6-5-9-17(18)19(24-21)16-7-3-2-4-8-16/h2-10,15H,11-14H2,1H3,(H2,22,27). The van der Waals surface area contributed by atoms with Gasteiger partial charge in [-0.05, 0) is 13.0 Å². The Bertz CT molecular complexity index is 951. The number of hydrogen-bond donors (Lipinski definition) is 1. The molecule has 1 saturated heterocycles. The van der Waals surface area contributed by atoms with Crippen LogP contribution in [0, 0.1) is 0 Å². The first-order valence-electron chi connectivity index (χ1n) is 9.24. The topological polar surface area (TPSA) is 75.4 Å². The van der Waals surface area contributed by atoms with Gasteiger partial charge in [0.2, 0.25) is 11.9 Å². The predicted molar refractivity (Wildman–Crippen MR) is 107 cm³/mol. The van der Waals surface area contributed by atoms with Crippen molar-refractivity contribution in [3.8, 4) is 11.3 Å². The van der Waals surface area contributed by atoms with Gasteiger partial charge in [0.25, 0.3) is 0 Å². The number of primary amides is 1. The smallest absolute Gasteiger partial charge is 0.234 e. The summed E-state index contributed by atoms with van der Waals surface area (Å²) in [7, 11) is 0. The van der Waals surface area contributed by atoms with E-state index in [1.54, 1.807) is 0 Å². The van der Waals surface area contributed by atoms with E-state index in [2.05, 4.69) is 28.0 Å². The number of carbonyl (C=O) groups excluding carboxylic acids is 1. The molecule has 2 heterocycles. The fourth-order valence-corrected chi connectivity index (χ4v) is 3.51. The Morgan fingerprint density at radius 1 is 0.963 bits per heavy atom. The summed E-state index contributed by atoms with van der Waals surface area (Å²) in [5.74, 6) is 0.454.